The zero-order valence-corrected chi connectivity index (χ0v) is 16.6. The molecule has 0 aliphatic rings. The minimum absolute atomic E-state index is 0.359. The normalized spacial score (nSPS) is 13.5. The molecule has 0 saturated carbocycles. The summed E-state index contributed by atoms with van der Waals surface area (Å²) in [7, 11) is 0. The maximum Gasteiger partial charge on any atom is 0.309 e. The van der Waals surface area contributed by atoms with Crippen LogP contribution >= 0.6 is 0 Å². The fraction of sp³-hybridized carbons (Fsp3) is 0.636. The summed E-state index contributed by atoms with van der Waals surface area (Å²) >= 11 is 0. The Morgan fingerprint density at radius 1 is 1.28 bits per heavy atom. The van der Waals surface area contributed by atoms with E-state index in [0.29, 0.717) is 17.8 Å². The van der Waals surface area contributed by atoms with E-state index in [9.17, 15) is 9.90 Å². The van der Waals surface area contributed by atoms with Crippen molar-refractivity contribution in [2.75, 3.05) is 6.54 Å². The van der Waals surface area contributed by atoms with Crippen LogP contribution < -0.4 is 0 Å². The molecule has 25 heavy (non-hydrogen) atoms. The molecule has 1 N–H and O–H groups in total. The molecule has 0 spiro atoms. The number of rotatable bonds is 11. The number of nitrogens with zero attached hydrogens (tertiary/aromatic N) is 1. The Kier molecular flexibility index (Phi) is 7.85. The van der Waals surface area contributed by atoms with E-state index in [1.165, 1.54) is 24.8 Å². The van der Waals surface area contributed by atoms with Gasteiger partial charge in [-0.05, 0) is 56.4 Å². The molecule has 0 radical (unpaired) electrons. The van der Waals surface area contributed by atoms with Gasteiger partial charge in [-0.25, -0.2) is 0 Å². The first-order valence-corrected chi connectivity index (χ1v) is 9.36. The van der Waals surface area contributed by atoms with E-state index in [-0.39, 0.29) is 0 Å². The van der Waals surface area contributed by atoms with Gasteiger partial charge in [-0.1, -0.05) is 57.9 Å². The molecule has 1 rings (SSSR count). The number of carboxylic acid groups (broad SMARTS) is 1. The predicted molar refractivity (Wildman–Crippen MR) is 107 cm³/mol. The Labute approximate surface area is 153 Å². The Balaban J connectivity index is 2.84. The fourth-order valence-corrected chi connectivity index (χ4v) is 3.07. The van der Waals surface area contributed by atoms with E-state index in [2.05, 4.69) is 44.6 Å². The van der Waals surface area contributed by atoms with Crippen molar-refractivity contribution >= 4 is 12.7 Å². The van der Waals surface area contributed by atoms with Crippen LogP contribution in [0.2, 0.25) is 0 Å². The van der Waals surface area contributed by atoms with Crippen LogP contribution in [0.4, 0.5) is 0 Å². The van der Waals surface area contributed by atoms with Gasteiger partial charge < -0.3 is 10.1 Å². The summed E-state index contributed by atoms with van der Waals surface area (Å²) in [4.78, 5) is 15.5. The van der Waals surface area contributed by atoms with Gasteiger partial charge in [-0.2, -0.15) is 0 Å². The summed E-state index contributed by atoms with van der Waals surface area (Å²) in [6.45, 7) is 14.8. The van der Waals surface area contributed by atoms with Crippen LogP contribution in [0.25, 0.3) is 0 Å². The average Bonchev–Trinajstić information content (AvgIpc) is 2.53. The smallest absolute Gasteiger partial charge is 0.309 e. The van der Waals surface area contributed by atoms with Crippen LogP contribution in [0.15, 0.2) is 29.3 Å². The Bertz CT molecular complexity index is 575. The second-order valence-corrected chi connectivity index (χ2v) is 8.62. The summed E-state index contributed by atoms with van der Waals surface area (Å²) in [5, 5.41) is 9.36. The van der Waals surface area contributed by atoms with Crippen molar-refractivity contribution < 1.29 is 9.90 Å². The zero-order valence-electron chi connectivity index (χ0n) is 16.6. The first kappa shape index (κ1) is 21.4. The van der Waals surface area contributed by atoms with Gasteiger partial charge in [0.25, 0.3) is 0 Å². The highest BCUT2D eigenvalue weighted by Crippen LogP contribution is 2.31. The van der Waals surface area contributed by atoms with Crippen molar-refractivity contribution in [1.82, 2.24) is 0 Å². The van der Waals surface area contributed by atoms with Crippen LogP contribution in [0.5, 0.6) is 0 Å². The van der Waals surface area contributed by atoms with Crippen LogP contribution in [-0.2, 0) is 11.2 Å². The summed E-state index contributed by atoms with van der Waals surface area (Å²) in [5.41, 5.74) is 1.96. The number of aliphatic imine (C=N–C) groups is 1. The predicted octanol–water partition coefficient (Wildman–Crippen LogP) is 5.73. The molecule has 0 fully saturated rings. The van der Waals surface area contributed by atoms with E-state index < -0.39 is 11.4 Å². The van der Waals surface area contributed by atoms with E-state index in [4.69, 9.17) is 0 Å². The van der Waals surface area contributed by atoms with Crippen molar-refractivity contribution in [1.29, 1.82) is 0 Å². The molecule has 1 atom stereocenters. The molecule has 1 unspecified atom stereocenters. The van der Waals surface area contributed by atoms with Crippen molar-refractivity contribution in [3.05, 3.63) is 35.4 Å². The van der Waals surface area contributed by atoms with Crippen molar-refractivity contribution in [3.8, 4) is 0 Å². The van der Waals surface area contributed by atoms with Gasteiger partial charge in [0, 0.05) is 12.5 Å². The number of carboxylic acids is 1. The number of benzene rings is 1. The summed E-state index contributed by atoms with van der Waals surface area (Å²) in [5.74, 6) is -0.401. The third-order valence-corrected chi connectivity index (χ3v) is 5.36. The van der Waals surface area contributed by atoms with E-state index in [0.717, 1.165) is 18.5 Å². The topological polar surface area (TPSA) is 49.7 Å². The number of hydrogen-bond acceptors (Lipinski definition) is 2. The third kappa shape index (κ3) is 7.01. The van der Waals surface area contributed by atoms with Gasteiger partial charge in [-0.15, -0.1) is 0 Å². The molecule has 0 amide bonds. The van der Waals surface area contributed by atoms with E-state index >= 15 is 0 Å². The lowest BCUT2D eigenvalue weighted by molar-refractivity contribution is -0.146. The minimum atomic E-state index is -0.760. The summed E-state index contributed by atoms with van der Waals surface area (Å²) in [6.07, 6.45) is 5.20. The molecule has 3 nitrogen and oxygen atoms in total. The van der Waals surface area contributed by atoms with Crippen LogP contribution in [0.1, 0.15) is 77.3 Å². The van der Waals surface area contributed by atoms with Gasteiger partial charge in [0.1, 0.15) is 0 Å². The van der Waals surface area contributed by atoms with Crippen molar-refractivity contribution in [2.45, 2.75) is 72.6 Å². The molecule has 3 heteroatoms. The molecule has 0 heterocycles. The molecule has 0 bridgehead atoms. The highest BCUT2D eigenvalue weighted by Gasteiger charge is 2.27. The quantitative estimate of drug-likeness (QED) is 0.521. The standard InChI is InChI=1S/C22H35NO2/c1-7-21(2,3)13-9-12-19(16-23-6)18-11-8-10-17(14-18)15-22(4,5)20(24)25/h8,10-11,14,19H,6-7,9,12-13,15-16H2,1-5H3,(H,24,25). The van der Waals surface area contributed by atoms with E-state index in [1.54, 1.807) is 13.8 Å². The SMILES string of the molecule is C=NCC(CCCC(C)(C)CC)c1cccc(CC(C)(C)C(=O)O)c1. The highest BCUT2D eigenvalue weighted by atomic mass is 16.4. The van der Waals surface area contributed by atoms with Gasteiger partial charge in [0.05, 0.1) is 5.41 Å². The molecule has 0 aliphatic heterocycles. The molecule has 1 aromatic carbocycles. The van der Waals surface area contributed by atoms with E-state index in [1.807, 2.05) is 12.1 Å². The molecule has 0 aromatic heterocycles. The lowest BCUT2D eigenvalue weighted by Gasteiger charge is -2.24. The first-order chi connectivity index (χ1) is 11.6. The molecule has 0 saturated heterocycles. The van der Waals surface area contributed by atoms with Crippen molar-refractivity contribution in [2.24, 2.45) is 15.8 Å². The number of hydrogen-bond donors (Lipinski definition) is 1. The average molecular weight is 346 g/mol. The fourth-order valence-electron chi connectivity index (χ4n) is 3.07. The maximum absolute atomic E-state index is 11.4. The second-order valence-electron chi connectivity index (χ2n) is 8.62. The Hall–Kier alpha value is -1.64. The number of aliphatic carboxylic acids is 1. The number of carbonyl (C=O) groups is 1. The lowest BCUT2D eigenvalue weighted by atomic mass is 9.81. The first-order valence-electron chi connectivity index (χ1n) is 9.36. The minimum Gasteiger partial charge on any atom is -0.481 e. The molecule has 140 valence electrons. The Morgan fingerprint density at radius 2 is 1.96 bits per heavy atom. The largest absolute Gasteiger partial charge is 0.481 e. The molecule has 0 aliphatic carbocycles. The Morgan fingerprint density at radius 3 is 2.52 bits per heavy atom. The van der Waals surface area contributed by atoms with Gasteiger partial charge in [0.2, 0.25) is 0 Å². The van der Waals surface area contributed by atoms with Gasteiger partial charge >= 0.3 is 5.97 Å². The van der Waals surface area contributed by atoms with Gasteiger partial charge in [-0.3, -0.25) is 4.79 Å². The zero-order chi connectivity index (χ0) is 19.1. The third-order valence-electron chi connectivity index (χ3n) is 5.36. The summed E-state index contributed by atoms with van der Waals surface area (Å²) in [6, 6.07) is 8.35. The lowest BCUT2D eigenvalue weighted by Crippen LogP contribution is -2.26. The highest BCUT2D eigenvalue weighted by molar-refractivity contribution is 5.74. The molecule has 1 aromatic rings. The summed E-state index contributed by atoms with van der Waals surface area (Å²) < 4.78 is 0. The molecular weight excluding hydrogens is 310 g/mol. The monoisotopic (exact) mass is 345 g/mol. The van der Waals surface area contributed by atoms with Gasteiger partial charge in [0.15, 0.2) is 0 Å². The van der Waals surface area contributed by atoms with Crippen LogP contribution in [0.3, 0.4) is 0 Å². The van der Waals surface area contributed by atoms with Crippen LogP contribution in [-0.4, -0.2) is 24.3 Å². The molecular formula is C22H35NO2. The van der Waals surface area contributed by atoms with Crippen molar-refractivity contribution in [3.63, 3.8) is 0 Å². The van der Waals surface area contributed by atoms with Crippen LogP contribution in [0, 0.1) is 10.8 Å². The second kappa shape index (κ2) is 9.17. The maximum atomic E-state index is 11.4.